The smallest absolute Gasteiger partial charge is 0.110 e. The third-order valence-corrected chi connectivity index (χ3v) is 4.52. The molecule has 1 aromatic carbocycles. The standard InChI is InChI=1S/C14H16N2S/c15-11(9-10-5-2-1-3-6-10)14-16-12-7-4-8-13(12)17-14/h1-3,5-6,11H,4,7-9,15H2. The predicted octanol–water partition coefficient (Wildman–Crippen LogP) is 2.87. The lowest BCUT2D eigenvalue weighted by atomic mass is 10.1. The Labute approximate surface area is 106 Å². The van der Waals surface area contributed by atoms with Gasteiger partial charge in [-0.3, -0.25) is 0 Å². The van der Waals surface area contributed by atoms with Crippen LogP contribution in [0.1, 0.15) is 33.6 Å². The molecule has 3 rings (SSSR count). The van der Waals surface area contributed by atoms with Gasteiger partial charge in [-0.1, -0.05) is 30.3 Å². The highest BCUT2D eigenvalue weighted by atomic mass is 32.1. The molecule has 2 aromatic rings. The molecule has 0 fully saturated rings. The summed E-state index contributed by atoms with van der Waals surface area (Å²) in [6.45, 7) is 0. The van der Waals surface area contributed by atoms with E-state index in [1.54, 1.807) is 0 Å². The van der Waals surface area contributed by atoms with Crippen LogP contribution >= 0.6 is 11.3 Å². The molecule has 2 N–H and O–H groups in total. The molecule has 2 nitrogen and oxygen atoms in total. The quantitative estimate of drug-likeness (QED) is 0.901. The summed E-state index contributed by atoms with van der Waals surface area (Å²) in [4.78, 5) is 6.14. The van der Waals surface area contributed by atoms with Crippen LogP contribution in [0.3, 0.4) is 0 Å². The Bertz CT molecular complexity index is 483. The van der Waals surface area contributed by atoms with Crippen LogP contribution in [0, 0.1) is 0 Å². The van der Waals surface area contributed by atoms with Crippen molar-refractivity contribution in [2.24, 2.45) is 5.73 Å². The third kappa shape index (κ3) is 2.26. The van der Waals surface area contributed by atoms with Gasteiger partial charge in [-0.05, 0) is 31.2 Å². The summed E-state index contributed by atoms with van der Waals surface area (Å²) < 4.78 is 0. The molecular formula is C14H16N2S. The van der Waals surface area contributed by atoms with E-state index in [1.807, 2.05) is 17.4 Å². The van der Waals surface area contributed by atoms with Gasteiger partial charge in [0.1, 0.15) is 5.01 Å². The molecule has 1 atom stereocenters. The largest absolute Gasteiger partial charge is 0.322 e. The molecule has 0 saturated heterocycles. The van der Waals surface area contributed by atoms with E-state index in [2.05, 4.69) is 29.2 Å². The van der Waals surface area contributed by atoms with Gasteiger partial charge in [0.05, 0.1) is 11.7 Å². The van der Waals surface area contributed by atoms with Crippen LogP contribution in [-0.2, 0) is 19.3 Å². The molecular weight excluding hydrogens is 228 g/mol. The van der Waals surface area contributed by atoms with Crippen LogP contribution in [-0.4, -0.2) is 4.98 Å². The minimum absolute atomic E-state index is 0.0491. The minimum Gasteiger partial charge on any atom is -0.322 e. The molecule has 17 heavy (non-hydrogen) atoms. The van der Waals surface area contributed by atoms with E-state index in [0.29, 0.717) is 0 Å². The second-order valence-electron chi connectivity index (χ2n) is 4.57. The Hall–Kier alpha value is -1.19. The molecule has 1 heterocycles. The lowest BCUT2D eigenvalue weighted by molar-refractivity contribution is 0.710. The molecule has 1 aromatic heterocycles. The molecule has 1 unspecified atom stereocenters. The lowest BCUT2D eigenvalue weighted by Crippen LogP contribution is -2.13. The molecule has 0 amide bonds. The number of rotatable bonds is 3. The van der Waals surface area contributed by atoms with Crippen LogP contribution in [0.2, 0.25) is 0 Å². The van der Waals surface area contributed by atoms with Gasteiger partial charge in [0.25, 0.3) is 0 Å². The first-order valence-electron chi connectivity index (χ1n) is 6.11. The molecule has 1 aliphatic carbocycles. The summed E-state index contributed by atoms with van der Waals surface area (Å²) >= 11 is 1.81. The second kappa shape index (κ2) is 4.59. The molecule has 88 valence electrons. The summed E-state index contributed by atoms with van der Waals surface area (Å²) in [5, 5.41) is 1.11. The summed E-state index contributed by atoms with van der Waals surface area (Å²) in [5.41, 5.74) is 8.82. The van der Waals surface area contributed by atoms with Crippen molar-refractivity contribution in [3.63, 3.8) is 0 Å². The number of fused-ring (bicyclic) bond motifs is 1. The van der Waals surface area contributed by atoms with Gasteiger partial charge in [-0.15, -0.1) is 11.3 Å². The maximum absolute atomic E-state index is 6.24. The summed E-state index contributed by atoms with van der Waals surface area (Å²) in [5.74, 6) is 0. The van der Waals surface area contributed by atoms with Crippen molar-refractivity contribution >= 4 is 11.3 Å². The number of aromatic nitrogens is 1. The fraction of sp³-hybridized carbons (Fsp3) is 0.357. The summed E-state index contributed by atoms with van der Waals surface area (Å²) in [6.07, 6.45) is 4.49. The third-order valence-electron chi connectivity index (χ3n) is 3.23. The van der Waals surface area contributed by atoms with Gasteiger partial charge in [0.15, 0.2) is 0 Å². The van der Waals surface area contributed by atoms with Crippen molar-refractivity contribution in [3.8, 4) is 0 Å². The van der Waals surface area contributed by atoms with E-state index in [0.717, 1.165) is 17.8 Å². The highest BCUT2D eigenvalue weighted by Crippen LogP contribution is 2.30. The number of aryl methyl sites for hydroxylation is 2. The van der Waals surface area contributed by atoms with E-state index in [1.165, 1.54) is 29.0 Å². The molecule has 0 radical (unpaired) electrons. The molecule has 0 spiro atoms. The molecule has 0 saturated carbocycles. The first-order valence-corrected chi connectivity index (χ1v) is 6.92. The number of hydrogen-bond donors (Lipinski definition) is 1. The molecule has 1 aliphatic rings. The maximum Gasteiger partial charge on any atom is 0.110 e. The van der Waals surface area contributed by atoms with Crippen LogP contribution in [0.25, 0.3) is 0 Å². The monoisotopic (exact) mass is 244 g/mol. The number of nitrogens with two attached hydrogens (primary N) is 1. The van der Waals surface area contributed by atoms with E-state index < -0.39 is 0 Å². The highest BCUT2D eigenvalue weighted by molar-refractivity contribution is 7.11. The maximum atomic E-state index is 6.24. The van der Waals surface area contributed by atoms with Crippen molar-refractivity contribution in [1.29, 1.82) is 0 Å². The Morgan fingerprint density at radius 1 is 1.24 bits per heavy atom. The Morgan fingerprint density at radius 2 is 2.06 bits per heavy atom. The van der Waals surface area contributed by atoms with E-state index in [-0.39, 0.29) is 6.04 Å². The summed E-state index contributed by atoms with van der Waals surface area (Å²) in [6, 6.07) is 10.5. The first-order chi connectivity index (χ1) is 8.33. The average Bonchev–Trinajstić information content (AvgIpc) is 2.90. The predicted molar refractivity (Wildman–Crippen MR) is 71.2 cm³/mol. The fourth-order valence-corrected chi connectivity index (χ4v) is 3.48. The number of benzene rings is 1. The van der Waals surface area contributed by atoms with Crippen molar-refractivity contribution in [3.05, 3.63) is 51.5 Å². The van der Waals surface area contributed by atoms with Crippen LogP contribution in [0.4, 0.5) is 0 Å². The fourth-order valence-electron chi connectivity index (χ4n) is 2.32. The van der Waals surface area contributed by atoms with Gasteiger partial charge in [0, 0.05) is 4.88 Å². The van der Waals surface area contributed by atoms with Gasteiger partial charge < -0.3 is 5.73 Å². The normalized spacial score (nSPS) is 15.8. The van der Waals surface area contributed by atoms with E-state index in [4.69, 9.17) is 5.73 Å². The van der Waals surface area contributed by atoms with Crippen LogP contribution in [0.5, 0.6) is 0 Å². The van der Waals surface area contributed by atoms with E-state index >= 15 is 0 Å². The van der Waals surface area contributed by atoms with Crippen LogP contribution in [0.15, 0.2) is 30.3 Å². The van der Waals surface area contributed by atoms with E-state index in [9.17, 15) is 0 Å². The van der Waals surface area contributed by atoms with Gasteiger partial charge in [-0.25, -0.2) is 4.98 Å². The van der Waals surface area contributed by atoms with Gasteiger partial charge >= 0.3 is 0 Å². The van der Waals surface area contributed by atoms with Crippen molar-refractivity contribution in [2.45, 2.75) is 31.7 Å². The number of hydrogen-bond acceptors (Lipinski definition) is 3. The Morgan fingerprint density at radius 3 is 2.82 bits per heavy atom. The zero-order chi connectivity index (χ0) is 11.7. The zero-order valence-corrected chi connectivity index (χ0v) is 10.5. The molecule has 3 heteroatoms. The molecule has 0 bridgehead atoms. The van der Waals surface area contributed by atoms with Crippen molar-refractivity contribution in [1.82, 2.24) is 4.98 Å². The molecule has 0 aliphatic heterocycles. The summed E-state index contributed by atoms with van der Waals surface area (Å²) in [7, 11) is 0. The topological polar surface area (TPSA) is 38.9 Å². The Kier molecular flexibility index (Phi) is 2.95. The minimum atomic E-state index is 0.0491. The Balaban J connectivity index is 1.75. The highest BCUT2D eigenvalue weighted by Gasteiger charge is 2.19. The lowest BCUT2D eigenvalue weighted by Gasteiger charge is -2.08. The van der Waals surface area contributed by atoms with Crippen molar-refractivity contribution in [2.75, 3.05) is 0 Å². The first kappa shape index (κ1) is 10.9. The van der Waals surface area contributed by atoms with Crippen LogP contribution < -0.4 is 5.73 Å². The number of thiazole rings is 1. The zero-order valence-electron chi connectivity index (χ0n) is 9.73. The number of nitrogens with zero attached hydrogens (tertiary/aromatic N) is 1. The second-order valence-corrected chi connectivity index (χ2v) is 5.69. The average molecular weight is 244 g/mol. The van der Waals surface area contributed by atoms with Gasteiger partial charge in [0.2, 0.25) is 0 Å². The van der Waals surface area contributed by atoms with Crippen molar-refractivity contribution < 1.29 is 0 Å². The van der Waals surface area contributed by atoms with Gasteiger partial charge in [-0.2, -0.15) is 0 Å². The SMILES string of the molecule is NC(Cc1ccccc1)c1nc2c(s1)CCC2.